The minimum absolute atomic E-state index is 0.0499. The van der Waals surface area contributed by atoms with Crippen LogP contribution < -0.4 is 0 Å². The molecule has 0 atom stereocenters. The predicted molar refractivity (Wildman–Crippen MR) is 63.6 cm³/mol. The van der Waals surface area contributed by atoms with Crippen molar-refractivity contribution in [2.24, 2.45) is 0 Å². The largest absolute Gasteiger partial charge is 0.460 e. The van der Waals surface area contributed by atoms with Gasteiger partial charge in [0.1, 0.15) is 6.61 Å². The third kappa shape index (κ3) is 4.12. The minimum Gasteiger partial charge on any atom is -0.460 e. The molecule has 7 nitrogen and oxygen atoms in total. The number of esters is 1. The molecule has 0 fully saturated rings. The number of hydrogen-bond donors (Lipinski definition) is 2. The molecule has 0 aromatic heterocycles. The van der Waals surface area contributed by atoms with Crippen LogP contribution in [0.3, 0.4) is 0 Å². The van der Waals surface area contributed by atoms with Gasteiger partial charge in [0.2, 0.25) is 0 Å². The Morgan fingerprint density at radius 3 is 2.26 bits per heavy atom. The average molecular weight is 288 g/mol. The molecule has 2 N–H and O–H groups in total. The third-order valence-corrected chi connectivity index (χ3v) is 3.00. The van der Waals surface area contributed by atoms with Gasteiger partial charge in [0, 0.05) is 5.56 Å². The zero-order valence-electron chi connectivity index (χ0n) is 9.99. The van der Waals surface area contributed by atoms with E-state index in [-0.39, 0.29) is 24.3 Å². The lowest BCUT2D eigenvalue weighted by molar-refractivity contribution is 0.0433. The second-order valence-corrected chi connectivity index (χ2v) is 5.06. The molecule has 0 aliphatic rings. The molecule has 0 saturated heterocycles. The van der Waals surface area contributed by atoms with Crippen molar-refractivity contribution in [3.05, 3.63) is 29.3 Å². The van der Waals surface area contributed by atoms with Gasteiger partial charge in [-0.25, -0.2) is 4.79 Å². The average Bonchev–Trinajstić information content (AvgIpc) is 2.34. The second-order valence-electron chi connectivity index (χ2n) is 3.64. The Kier molecular flexibility index (Phi) is 4.76. The predicted octanol–water partition coefficient (Wildman–Crippen LogP) is 0.285. The van der Waals surface area contributed by atoms with E-state index < -0.39 is 26.8 Å². The van der Waals surface area contributed by atoms with E-state index in [4.69, 9.17) is 9.66 Å². The smallest absolute Gasteiger partial charge is 0.338 e. The molecule has 0 spiro atoms. The van der Waals surface area contributed by atoms with Gasteiger partial charge < -0.3 is 9.84 Å². The van der Waals surface area contributed by atoms with Crippen molar-refractivity contribution in [2.45, 2.75) is 11.8 Å². The maximum Gasteiger partial charge on any atom is 0.338 e. The maximum atomic E-state index is 11.5. The highest BCUT2D eigenvalue weighted by Gasteiger charge is 2.17. The SMILES string of the molecule is CC(=O)c1cc(C(=O)OCCO)cc(S(=O)(=O)O)c1. The number of benzene rings is 1. The lowest BCUT2D eigenvalue weighted by atomic mass is 10.1. The van der Waals surface area contributed by atoms with Gasteiger partial charge in [0.25, 0.3) is 10.1 Å². The first-order chi connectivity index (χ1) is 8.75. The zero-order valence-corrected chi connectivity index (χ0v) is 10.8. The summed E-state index contributed by atoms with van der Waals surface area (Å²) in [5.74, 6) is -1.37. The first-order valence-corrected chi connectivity index (χ1v) is 6.61. The van der Waals surface area contributed by atoms with E-state index in [9.17, 15) is 18.0 Å². The van der Waals surface area contributed by atoms with Crippen LogP contribution in [0.5, 0.6) is 0 Å². The highest BCUT2D eigenvalue weighted by atomic mass is 32.2. The van der Waals surface area contributed by atoms with Crippen LogP contribution >= 0.6 is 0 Å². The summed E-state index contributed by atoms with van der Waals surface area (Å²) < 4.78 is 35.6. The monoisotopic (exact) mass is 288 g/mol. The molecular weight excluding hydrogens is 276 g/mol. The molecule has 1 aromatic carbocycles. The van der Waals surface area contributed by atoms with E-state index in [1.165, 1.54) is 6.92 Å². The number of rotatable bonds is 5. The van der Waals surface area contributed by atoms with E-state index in [0.717, 1.165) is 18.2 Å². The van der Waals surface area contributed by atoms with Crippen LogP contribution in [-0.4, -0.2) is 43.0 Å². The van der Waals surface area contributed by atoms with Gasteiger partial charge in [0.15, 0.2) is 5.78 Å². The Bertz CT molecular complexity index is 603. The molecule has 0 unspecified atom stereocenters. The van der Waals surface area contributed by atoms with Crippen LogP contribution in [0.1, 0.15) is 27.6 Å². The highest BCUT2D eigenvalue weighted by molar-refractivity contribution is 7.85. The number of carbonyl (C=O) groups is 2. The van der Waals surface area contributed by atoms with Gasteiger partial charge in [-0.2, -0.15) is 8.42 Å². The first-order valence-electron chi connectivity index (χ1n) is 5.17. The van der Waals surface area contributed by atoms with E-state index in [2.05, 4.69) is 4.74 Å². The molecule has 0 amide bonds. The fraction of sp³-hybridized carbons (Fsp3) is 0.273. The summed E-state index contributed by atoms with van der Waals surface area (Å²) in [6, 6.07) is 3.00. The topological polar surface area (TPSA) is 118 Å². The molecule has 0 aliphatic carbocycles. The second kappa shape index (κ2) is 5.91. The van der Waals surface area contributed by atoms with Gasteiger partial charge in [-0.05, 0) is 25.1 Å². The Balaban J connectivity index is 3.29. The fourth-order valence-electron chi connectivity index (χ4n) is 1.29. The number of ketones is 1. The van der Waals surface area contributed by atoms with Gasteiger partial charge in [0.05, 0.1) is 17.1 Å². The zero-order chi connectivity index (χ0) is 14.6. The molecule has 19 heavy (non-hydrogen) atoms. The van der Waals surface area contributed by atoms with Crippen LogP contribution in [0.2, 0.25) is 0 Å². The Hall–Kier alpha value is -1.77. The Morgan fingerprint density at radius 2 is 1.79 bits per heavy atom. The lowest BCUT2D eigenvalue weighted by Gasteiger charge is -2.06. The van der Waals surface area contributed by atoms with Gasteiger partial charge in [-0.1, -0.05) is 0 Å². The molecule has 0 heterocycles. The summed E-state index contributed by atoms with van der Waals surface area (Å²) in [5, 5.41) is 8.52. The molecule has 0 aliphatic heterocycles. The van der Waals surface area contributed by atoms with Crippen LogP contribution in [0, 0.1) is 0 Å². The number of hydrogen-bond acceptors (Lipinski definition) is 6. The van der Waals surface area contributed by atoms with Crippen LogP contribution in [0.15, 0.2) is 23.1 Å². The Labute approximate surface area is 109 Å². The van der Waals surface area contributed by atoms with E-state index in [0.29, 0.717) is 0 Å². The highest BCUT2D eigenvalue weighted by Crippen LogP contribution is 2.16. The molecule has 0 saturated carbocycles. The van der Waals surface area contributed by atoms with E-state index in [1.54, 1.807) is 0 Å². The van der Waals surface area contributed by atoms with Gasteiger partial charge in [-0.3, -0.25) is 9.35 Å². The molecule has 104 valence electrons. The molecule has 0 bridgehead atoms. The lowest BCUT2D eigenvalue weighted by Crippen LogP contribution is -2.11. The summed E-state index contributed by atoms with van der Waals surface area (Å²) in [4.78, 5) is 22.2. The number of aliphatic hydroxyl groups excluding tert-OH is 1. The Morgan fingerprint density at radius 1 is 1.21 bits per heavy atom. The molecule has 8 heteroatoms. The van der Waals surface area contributed by atoms with Crippen molar-refractivity contribution in [1.29, 1.82) is 0 Å². The summed E-state index contributed by atoms with van der Waals surface area (Å²) in [5.41, 5.74) is -0.250. The number of aliphatic hydroxyl groups is 1. The minimum atomic E-state index is -4.54. The van der Waals surface area contributed by atoms with Crippen molar-refractivity contribution < 1.29 is 32.4 Å². The fourth-order valence-corrected chi connectivity index (χ4v) is 1.84. The summed E-state index contributed by atoms with van der Waals surface area (Å²) >= 11 is 0. The number of carbonyl (C=O) groups excluding carboxylic acids is 2. The van der Waals surface area contributed by atoms with E-state index in [1.807, 2.05) is 0 Å². The summed E-state index contributed by atoms with van der Waals surface area (Å²) in [6.45, 7) is 0.541. The van der Waals surface area contributed by atoms with Crippen molar-refractivity contribution in [1.82, 2.24) is 0 Å². The van der Waals surface area contributed by atoms with Crippen LogP contribution in [-0.2, 0) is 14.9 Å². The molecule has 1 aromatic rings. The van der Waals surface area contributed by atoms with Gasteiger partial charge >= 0.3 is 5.97 Å². The van der Waals surface area contributed by atoms with Crippen LogP contribution in [0.25, 0.3) is 0 Å². The van der Waals surface area contributed by atoms with E-state index >= 15 is 0 Å². The number of ether oxygens (including phenoxy) is 1. The molecular formula is C11H12O7S. The van der Waals surface area contributed by atoms with Crippen molar-refractivity contribution in [3.8, 4) is 0 Å². The quantitative estimate of drug-likeness (QED) is 0.454. The summed E-state index contributed by atoms with van der Waals surface area (Å²) in [6.07, 6.45) is 0. The first kappa shape index (κ1) is 15.3. The normalized spacial score (nSPS) is 11.1. The molecule has 1 rings (SSSR count). The molecule has 0 radical (unpaired) electrons. The standard InChI is InChI=1S/C11H12O7S/c1-7(13)8-4-9(11(14)18-3-2-12)6-10(5-8)19(15,16)17/h4-6,12H,2-3H2,1H3,(H,15,16,17). The third-order valence-electron chi connectivity index (χ3n) is 2.17. The van der Waals surface area contributed by atoms with Crippen molar-refractivity contribution >= 4 is 21.9 Å². The summed E-state index contributed by atoms with van der Waals surface area (Å²) in [7, 11) is -4.54. The van der Waals surface area contributed by atoms with Crippen LogP contribution in [0.4, 0.5) is 0 Å². The van der Waals surface area contributed by atoms with Crippen molar-refractivity contribution in [2.75, 3.05) is 13.2 Å². The maximum absolute atomic E-state index is 11.5. The number of Topliss-reactive ketones (excluding diaryl/α,β-unsaturated/α-hetero) is 1. The van der Waals surface area contributed by atoms with Gasteiger partial charge in [-0.15, -0.1) is 0 Å². The van der Waals surface area contributed by atoms with Crippen molar-refractivity contribution in [3.63, 3.8) is 0 Å².